The number of aromatic nitrogens is 5. The average Bonchev–Trinajstić information content (AvgIpc) is 3.39. The zero-order valence-corrected chi connectivity index (χ0v) is 16.7. The molecule has 0 radical (unpaired) electrons. The first kappa shape index (κ1) is 17.6. The van der Waals surface area contributed by atoms with Crippen molar-refractivity contribution in [3.8, 4) is 16.3 Å². The van der Waals surface area contributed by atoms with Crippen LogP contribution >= 0.6 is 11.3 Å². The van der Waals surface area contributed by atoms with Gasteiger partial charge in [-0.1, -0.05) is 36.4 Å². The number of hydrogen-bond donors (Lipinski definition) is 3. The molecule has 0 spiro atoms. The Hall–Kier alpha value is -4.24. The quantitative estimate of drug-likeness (QED) is 0.392. The monoisotopic (exact) mass is 426 g/mol. The number of para-hydroxylation sites is 1. The van der Waals surface area contributed by atoms with Crippen molar-refractivity contribution >= 4 is 49.0 Å². The lowest BCUT2D eigenvalue weighted by Crippen LogP contribution is -2.21. The number of nitrogens with two attached hydrogens (primary N) is 1. The lowest BCUT2D eigenvalue weighted by molar-refractivity contribution is 0.902. The highest BCUT2D eigenvalue weighted by atomic mass is 32.1. The second-order valence-electron chi connectivity index (χ2n) is 7.10. The number of anilines is 1. The molecular formula is C22H14N6O2S. The van der Waals surface area contributed by atoms with E-state index < -0.39 is 11.1 Å². The minimum absolute atomic E-state index is 0.0197. The number of H-pyrrole nitrogens is 2. The molecule has 4 heterocycles. The molecule has 0 fully saturated rings. The number of nitrogens with zero attached hydrogens (tertiary/aromatic N) is 3. The Morgan fingerprint density at radius 1 is 0.903 bits per heavy atom. The van der Waals surface area contributed by atoms with Gasteiger partial charge in [0.1, 0.15) is 11.2 Å². The van der Waals surface area contributed by atoms with Gasteiger partial charge in [0.25, 0.3) is 11.1 Å². The second kappa shape index (κ2) is 6.38. The Kier molecular flexibility index (Phi) is 3.62. The Labute approximate surface area is 177 Å². The van der Waals surface area contributed by atoms with Gasteiger partial charge in [0.05, 0.1) is 27.0 Å². The lowest BCUT2D eigenvalue weighted by atomic mass is 10.1. The van der Waals surface area contributed by atoms with Gasteiger partial charge in [0.15, 0.2) is 5.65 Å². The summed E-state index contributed by atoms with van der Waals surface area (Å²) in [7, 11) is 0. The van der Waals surface area contributed by atoms with Crippen LogP contribution in [0.2, 0.25) is 0 Å². The zero-order valence-electron chi connectivity index (χ0n) is 15.9. The summed E-state index contributed by atoms with van der Waals surface area (Å²) in [6.07, 6.45) is 0. The summed E-state index contributed by atoms with van der Waals surface area (Å²) < 4.78 is 2.77. The molecule has 8 nitrogen and oxygen atoms in total. The van der Waals surface area contributed by atoms with Crippen LogP contribution in [-0.4, -0.2) is 25.0 Å². The number of pyridine rings is 1. The maximum atomic E-state index is 12.5. The van der Waals surface area contributed by atoms with Crippen LogP contribution in [0.4, 0.5) is 5.69 Å². The third-order valence-corrected chi connectivity index (χ3v) is 6.37. The highest BCUT2D eigenvalue weighted by molar-refractivity contribution is 7.22. The fraction of sp³-hybridized carbons (Fsp3) is 0. The van der Waals surface area contributed by atoms with E-state index in [4.69, 9.17) is 10.8 Å². The summed E-state index contributed by atoms with van der Waals surface area (Å²) in [5.41, 5.74) is 7.43. The van der Waals surface area contributed by atoms with Crippen molar-refractivity contribution < 1.29 is 0 Å². The minimum atomic E-state index is -0.521. The van der Waals surface area contributed by atoms with Crippen molar-refractivity contribution in [3.63, 3.8) is 0 Å². The van der Waals surface area contributed by atoms with Gasteiger partial charge in [-0.15, -0.1) is 11.3 Å². The first-order valence-corrected chi connectivity index (χ1v) is 10.3. The normalized spacial score (nSPS) is 11.6. The molecule has 4 aromatic heterocycles. The van der Waals surface area contributed by atoms with Gasteiger partial charge < -0.3 is 5.73 Å². The van der Waals surface area contributed by atoms with E-state index in [0.29, 0.717) is 16.7 Å². The number of rotatable bonds is 2. The summed E-state index contributed by atoms with van der Waals surface area (Å²) >= 11 is 1.58. The third kappa shape index (κ3) is 2.53. The molecule has 31 heavy (non-hydrogen) atoms. The van der Waals surface area contributed by atoms with Crippen LogP contribution in [0.3, 0.4) is 0 Å². The van der Waals surface area contributed by atoms with E-state index in [0.717, 1.165) is 20.7 Å². The fourth-order valence-corrected chi connectivity index (χ4v) is 4.88. The molecule has 6 rings (SSSR count). The standard InChI is InChI=1S/C22H14N6O2S/c23-17-15-18(14-10-11-6-4-5-9-13(11)31-14)27-28(12-7-2-1-3-8-12)20(15)24-19-16(17)21(29)25-26-22(19)30/h1-10H,(H2,23,24)(H,25,29)(H,26,30). The topological polar surface area (TPSA) is 122 Å². The van der Waals surface area contributed by atoms with Gasteiger partial charge in [0, 0.05) is 4.70 Å². The summed E-state index contributed by atoms with van der Waals surface area (Å²) in [5, 5.41) is 11.2. The van der Waals surface area contributed by atoms with E-state index in [1.807, 2.05) is 60.7 Å². The van der Waals surface area contributed by atoms with Crippen LogP contribution in [0.25, 0.3) is 48.3 Å². The van der Waals surface area contributed by atoms with Gasteiger partial charge in [-0.05, 0) is 29.7 Å². The molecule has 6 aromatic rings. The molecule has 9 heteroatoms. The molecular weight excluding hydrogens is 412 g/mol. The Morgan fingerprint density at radius 3 is 2.45 bits per heavy atom. The molecule has 0 aliphatic heterocycles. The van der Waals surface area contributed by atoms with E-state index in [1.54, 1.807) is 16.0 Å². The largest absolute Gasteiger partial charge is 0.397 e. The molecule has 0 atom stereocenters. The number of nitrogens with one attached hydrogen (secondary N) is 2. The number of fused-ring (bicyclic) bond motifs is 3. The first-order valence-electron chi connectivity index (χ1n) is 9.49. The second-order valence-corrected chi connectivity index (χ2v) is 8.18. The van der Waals surface area contributed by atoms with E-state index in [-0.39, 0.29) is 16.6 Å². The third-order valence-electron chi connectivity index (χ3n) is 5.25. The van der Waals surface area contributed by atoms with Crippen LogP contribution in [-0.2, 0) is 0 Å². The van der Waals surface area contributed by atoms with Gasteiger partial charge in [-0.25, -0.2) is 9.67 Å². The van der Waals surface area contributed by atoms with Crippen molar-refractivity contribution in [2.24, 2.45) is 0 Å². The predicted molar refractivity (Wildman–Crippen MR) is 123 cm³/mol. The number of thiophene rings is 1. The Bertz CT molecular complexity index is 1710. The summed E-state index contributed by atoms with van der Waals surface area (Å²) in [5.74, 6) is 0. The molecule has 0 aliphatic carbocycles. The summed E-state index contributed by atoms with van der Waals surface area (Å²) in [4.78, 5) is 30.3. The fourth-order valence-electron chi connectivity index (χ4n) is 3.82. The molecule has 0 amide bonds. The van der Waals surface area contributed by atoms with Crippen molar-refractivity contribution in [1.82, 2.24) is 25.0 Å². The van der Waals surface area contributed by atoms with Crippen LogP contribution in [0, 0.1) is 0 Å². The number of hydrogen-bond acceptors (Lipinski definition) is 6. The predicted octanol–water partition coefficient (Wildman–Crippen LogP) is 3.41. The number of nitrogen functional groups attached to an aromatic ring is 1. The van der Waals surface area contributed by atoms with E-state index in [2.05, 4.69) is 15.2 Å². The molecule has 150 valence electrons. The van der Waals surface area contributed by atoms with Crippen molar-refractivity contribution in [1.29, 1.82) is 0 Å². The Balaban J connectivity index is 1.80. The molecule has 4 N–H and O–H groups in total. The summed E-state index contributed by atoms with van der Waals surface area (Å²) in [6, 6.07) is 19.6. The molecule has 0 saturated carbocycles. The smallest absolute Gasteiger partial charge is 0.289 e. The number of aromatic amines is 2. The van der Waals surface area contributed by atoms with E-state index in [9.17, 15) is 9.59 Å². The van der Waals surface area contributed by atoms with E-state index >= 15 is 0 Å². The van der Waals surface area contributed by atoms with Crippen molar-refractivity contribution in [3.05, 3.63) is 81.4 Å². The highest BCUT2D eigenvalue weighted by Gasteiger charge is 2.23. The van der Waals surface area contributed by atoms with Gasteiger partial charge in [-0.2, -0.15) is 5.10 Å². The maximum absolute atomic E-state index is 12.5. The van der Waals surface area contributed by atoms with Gasteiger partial charge in [-0.3, -0.25) is 19.8 Å². The zero-order chi connectivity index (χ0) is 21.1. The van der Waals surface area contributed by atoms with Gasteiger partial charge >= 0.3 is 0 Å². The van der Waals surface area contributed by atoms with Crippen molar-refractivity contribution in [2.45, 2.75) is 0 Å². The van der Waals surface area contributed by atoms with Crippen LogP contribution in [0.5, 0.6) is 0 Å². The van der Waals surface area contributed by atoms with Crippen LogP contribution < -0.4 is 16.9 Å². The van der Waals surface area contributed by atoms with Crippen molar-refractivity contribution in [2.75, 3.05) is 5.73 Å². The lowest BCUT2D eigenvalue weighted by Gasteiger charge is -2.05. The maximum Gasteiger partial charge on any atom is 0.289 e. The highest BCUT2D eigenvalue weighted by Crippen LogP contribution is 2.40. The molecule has 0 unspecified atom stereocenters. The SMILES string of the molecule is Nc1c2c(-c3cc4ccccc4s3)nn(-c3ccccc3)c2nc2c(=O)[nH][nH]c(=O)c12. The molecule has 0 bridgehead atoms. The number of benzene rings is 2. The Morgan fingerprint density at radius 2 is 1.65 bits per heavy atom. The molecule has 0 aliphatic rings. The van der Waals surface area contributed by atoms with Crippen LogP contribution in [0.15, 0.2) is 70.3 Å². The molecule has 2 aromatic carbocycles. The average molecular weight is 426 g/mol. The van der Waals surface area contributed by atoms with Gasteiger partial charge in [0.2, 0.25) is 0 Å². The molecule has 0 saturated heterocycles. The summed E-state index contributed by atoms with van der Waals surface area (Å²) in [6.45, 7) is 0. The minimum Gasteiger partial charge on any atom is -0.397 e. The van der Waals surface area contributed by atoms with Crippen LogP contribution in [0.1, 0.15) is 0 Å². The first-order chi connectivity index (χ1) is 15.1. The van der Waals surface area contributed by atoms with E-state index in [1.165, 1.54) is 0 Å².